The van der Waals surface area contributed by atoms with Crippen LogP contribution in [0.3, 0.4) is 0 Å². The van der Waals surface area contributed by atoms with Gasteiger partial charge in [-0.2, -0.15) is 0 Å². The van der Waals surface area contributed by atoms with Gasteiger partial charge in [0.1, 0.15) is 0 Å². The summed E-state index contributed by atoms with van der Waals surface area (Å²) in [6.45, 7) is 7.90. The number of hydrogen-bond acceptors (Lipinski definition) is 5. The number of carbonyl (C=O) groups excluding carboxylic acids is 2. The van der Waals surface area contributed by atoms with Crippen LogP contribution in [0.5, 0.6) is 0 Å². The van der Waals surface area contributed by atoms with Crippen molar-refractivity contribution in [3.05, 3.63) is 0 Å². The van der Waals surface area contributed by atoms with Crippen LogP contribution in [0, 0.1) is 0 Å². The van der Waals surface area contributed by atoms with Crippen molar-refractivity contribution in [1.82, 2.24) is 20.0 Å². The minimum absolute atomic E-state index is 0.0437. The number of hydrogen-bond donors (Lipinski definition) is 1. The van der Waals surface area contributed by atoms with Gasteiger partial charge in [0, 0.05) is 52.4 Å². The molecule has 3 heterocycles. The highest BCUT2D eigenvalue weighted by molar-refractivity contribution is 5.85. The van der Waals surface area contributed by atoms with E-state index in [2.05, 4.69) is 15.1 Å². The zero-order valence-electron chi connectivity index (χ0n) is 14.5. The molecule has 3 aliphatic rings. The van der Waals surface area contributed by atoms with Crippen molar-refractivity contribution in [2.24, 2.45) is 0 Å². The molecule has 0 bridgehead atoms. The third-order valence-corrected chi connectivity index (χ3v) is 5.21. The lowest BCUT2D eigenvalue weighted by Gasteiger charge is -2.35. The molecule has 0 aliphatic carbocycles. The van der Waals surface area contributed by atoms with Crippen LogP contribution in [0.25, 0.3) is 0 Å². The summed E-state index contributed by atoms with van der Waals surface area (Å²) in [4.78, 5) is 30.4. The molecule has 3 aliphatic heterocycles. The molecule has 7 heteroatoms. The van der Waals surface area contributed by atoms with Gasteiger partial charge in [-0.3, -0.25) is 19.4 Å². The molecule has 3 fully saturated rings. The number of likely N-dealkylation sites (tertiary alicyclic amines) is 1. The molecule has 1 unspecified atom stereocenters. The predicted octanol–water partition coefficient (Wildman–Crippen LogP) is -0.478. The minimum atomic E-state index is -0.0462. The summed E-state index contributed by atoms with van der Waals surface area (Å²) in [5.41, 5.74) is 0. The van der Waals surface area contributed by atoms with Gasteiger partial charge >= 0.3 is 0 Å². The van der Waals surface area contributed by atoms with Gasteiger partial charge < -0.3 is 15.0 Å². The lowest BCUT2D eigenvalue weighted by atomic mass is 10.2. The van der Waals surface area contributed by atoms with Crippen molar-refractivity contribution in [2.45, 2.75) is 31.8 Å². The van der Waals surface area contributed by atoms with Crippen molar-refractivity contribution in [3.8, 4) is 0 Å². The zero-order chi connectivity index (χ0) is 16.8. The minimum Gasteiger partial charge on any atom is -0.377 e. The van der Waals surface area contributed by atoms with E-state index in [0.717, 1.165) is 65.3 Å². The molecule has 24 heavy (non-hydrogen) atoms. The average molecular weight is 338 g/mol. The van der Waals surface area contributed by atoms with E-state index in [1.807, 2.05) is 4.90 Å². The van der Waals surface area contributed by atoms with Crippen molar-refractivity contribution in [3.63, 3.8) is 0 Å². The van der Waals surface area contributed by atoms with E-state index in [1.54, 1.807) is 0 Å². The van der Waals surface area contributed by atoms with Gasteiger partial charge in [0.25, 0.3) is 0 Å². The highest BCUT2D eigenvalue weighted by atomic mass is 16.5. The van der Waals surface area contributed by atoms with E-state index >= 15 is 0 Å². The number of nitrogens with zero attached hydrogens (tertiary/aromatic N) is 3. The van der Waals surface area contributed by atoms with Crippen LogP contribution in [0.2, 0.25) is 0 Å². The van der Waals surface area contributed by atoms with Gasteiger partial charge in [-0.05, 0) is 25.7 Å². The summed E-state index contributed by atoms with van der Waals surface area (Å²) in [6.07, 6.45) is 4.91. The molecule has 0 aromatic carbocycles. The third kappa shape index (κ3) is 5.16. The fraction of sp³-hybridized carbons (Fsp3) is 0.882. The predicted molar refractivity (Wildman–Crippen MR) is 90.7 cm³/mol. The van der Waals surface area contributed by atoms with E-state index in [9.17, 15) is 9.59 Å². The lowest BCUT2D eigenvalue weighted by molar-refractivity contribution is -0.132. The molecular formula is C17H30N4O3. The monoisotopic (exact) mass is 338 g/mol. The van der Waals surface area contributed by atoms with Gasteiger partial charge in [-0.1, -0.05) is 0 Å². The Labute approximate surface area is 144 Å². The van der Waals surface area contributed by atoms with Crippen molar-refractivity contribution in [1.29, 1.82) is 0 Å². The van der Waals surface area contributed by atoms with E-state index in [0.29, 0.717) is 12.6 Å². The molecule has 7 nitrogen and oxygen atoms in total. The number of nitrogens with one attached hydrogen (secondary N) is 1. The van der Waals surface area contributed by atoms with E-state index in [-0.39, 0.29) is 18.4 Å². The van der Waals surface area contributed by atoms with Gasteiger partial charge in [0.2, 0.25) is 11.8 Å². The number of carbonyl (C=O) groups is 2. The Bertz CT molecular complexity index is 426. The fourth-order valence-electron chi connectivity index (χ4n) is 3.72. The number of piperazine rings is 1. The molecule has 0 aromatic rings. The van der Waals surface area contributed by atoms with E-state index in [1.165, 1.54) is 12.8 Å². The summed E-state index contributed by atoms with van der Waals surface area (Å²) in [6, 6.07) is 0. The normalized spacial score (nSPS) is 26.0. The van der Waals surface area contributed by atoms with Crippen LogP contribution in [-0.4, -0.2) is 98.1 Å². The number of ether oxygens (including phenoxy) is 1. The van der Waals surface area contributed by atoms with Gasteiger partial charge in [0.05, 0.1) is 19.2 Å². The largest absolute Gasteiger partial charge is 0.377 e. The van der Waals surface area contributed by atoms with Gasteiger partial charge in [0.15, 0.2) is 0 Å². The maximum atomic E-state index is 12.0. The molecule has 0 radical (unpaired) electrons. The maximum Gasteiger partial charge on any atom is 0.241 e. The summed E-state index contributed by atoms with van der Waals surface area (Å²) < 4.78 is 5.69. The van der Waals surface area contributed by atoms with Gasteiger partial charge in [-0.15, -0.1) is 0 Å². The Hall–Kier alpha value is -1.18. The molecule has 1 atom stereocenters. The van der Waals surface area contributed by atoms with E-state index in [4.69, 9.17) is 4.74 Å². The Morgan fingerprint density at radius 2 is 1.67 bits per heavy atom. The zero-order valence-corrected chi connectivity index (χ0v) is 14.5. The summed E-state index contributed by atoms with van der Waals surface area (Å²) in [5, 5.41) is 2.77. The smallest absolute Gasteiger partial charge is 0.241 e. The van der Waals surface area contributed by atoms with Crippen LogP contribution in [-0.2, 0) is 14.3 Å². The van der Waals surface area contributed by atoms with Gasteiger partial charge in [-0.25, -0.2) is 0 Å². The number of rotatable bonds is 6. The Morgan fingerprint density at radius 1 is 0.958 bits per heavy atom. The Kier molecular flexibility index (Phi) is 6.45. The highest BCUT2D eigenvalue weighted by Gasteiger charge is 2.24. The molecular weight excluding hydrogens is 308 g/mol. The SMILES string of the molecule is O=C(CN1CCN(CC2CCCO2)CC1)NCC(=O)N1CCCC1. The average Bonchev–Trinajstić information content (AvgIpc) is 3.28. The first-order chi connectivity index (χ1) is 11.7. The van der Waals surface area contributed by atoms with Crippen LogP contribution in [0.4, 0.5) is 0 Å². The third-order valence-electron chi connectivity index (χ3n) is 5.21. The van der Waals surface area contributed by atoms with Crippen LogP contribution in [0.15, 0.2) is 0 Å². The molecule has 3 rings (SSSR count). The van der Waals surface area contributed by atoms with Crippen LogP contribution >= 0.6 is 0 Å². The first kappa shape index (κ1) is 17.6. The second-order valence-electron chi connectivity index (χ2n) is 7.08. The summed E-state index contributed by atoms with van der Waals surface area (Å²) >= 11 is 0. The van der Waals surface area contributed by atoms with E-state index < -0.39 is 0 Å². The molecule has 1 N–H and O–H groups in total. The first-order valence-electron chi connectivity index (χ1n) is 9.31. The van der Waals surface area contributed by atoms with Crippen molar-refractivity contribution < 1.29 is 14.3 Å². The summed E-state index contributed by atoms with van der Waals surface area (Å²) in [5.74, 6) is -0.00245. The standard InChI is InChI=1S/C17H30N4O3/c22-16(18-12-17(23)21-5-1-2-6-21)14-20-9-7-19(8-10-20)13-15-4-3-11-24-15/h15H,1-14H2,(H,18,22). The first-order valence-corrected chi connectivity index (χ1v) is 9.31. The van der Waals surface area contributed by atoms with Crippen LogP contribution < -0.4 is 5.32 Å². The highest BCUT2D eigenvalue weighted by Crippen LogP contribution is 2.14. The topological polar surface area (TPSA) is 65.1 Å². The number of amides is 2. The molecule has 0 saturated carbocycles. The van der Waals surface area contributed by atoms with Crippen molar-refractivity contribution >= 4 is 11.8 Å². The van der Waals surface area contributed by atoms with Crippen LogP contribution in [0.1, 0.15) is 25.7 Å². The van der Waals surface area contributed by atoms with Crippen molar-refractivity contribution in [2.75, 3.05) is 65.5 Å². The molecule has 3 saturated heterocycles. The fourth-order valence-corrected chi connectivity index (χ4v) is 3.72. The summed E-state index contributed by atoms with van der Waals surface area (Å²) in [7, 11) is 0. The lowest BCUT2D eigenvalue weighted by Crippen LogP contribution is -2.51. The molecule has 136 valence electrons. The molecule has 0 spiro atoms. The second kappa shape index (κ2) is 8.78. The Balaban J connectivity index is 1.29. The second-order valence-corrected chi connectivity index (χ2v) is 7.08. The quantitative estimate of drug-likeness (QED) is 0.709. The Morgan fingerprint density at radius 3 is 2.33 bits per heavy atom. The molecule has 0 aromatic heterocycles. The molecule has 2 amide bonds. The maximum absolute atomic E-state index is 12.0.